The molecule has 4 heteroatoms. The van der Waals surface area contributed by atoms with Crippen LogP contribution in [0.25, 0.3) is 0 Å². The number of hydrogen-bond acceptors (Lipinski definition) is 2. The van der Waals surface area contributed by atoms with Gasteiger partial charge in [-0.2, -0.15) is 0 Å². The van der Waals surface area contributed by atoms with Crippen molar-refractivity contribution >= 4 is 49.0 Å². The van der Waals surface area contributed by atoms with Gasteiger partial charge in [-0.05, 0) is 35.6 Å². The average molecular weight is 374 g/mol. The molecule has 0 N–H and O–H groups in total. The molecule has 0 aliphatic rings. The Kier molecular flexibility index (Phi) is 4.54. The number of carbonyl (C=O) groups is 1. The van der Waals surface area contributed by atoms with Gasteiger partial charge in [0, 0.05) is 15.4 Å². The quantitative estimate of drug-likeness (QED) is 0.682. The Hall–Kier alpha value is -0.450. The van der Waals surface area contributed by atoms with E-state index in [1.54, 1.807) is 0 Å². The van der Waals surface area contributed by atoms with E-state index in [0.29, 0.717) is 6.42 Å². The average Bonchev–Trinajstić information content (AvgIpc) is 2.81. The fourth-order valence-corrected chi connectivity index (χ4v) is 3.66. The van der Waals surface area contributed by atoms with Gasteiger partial charge in [0.15, 0.2) is 5.78 Å². The zero-order valence-corrected chi connectivity index (χ0v) is 12.9. The van der Waals surface area contributed by atoms with Crippen molar-refractivity contribution in [3.05, 3.63) is 55.1 Å². The van der Waals surface area contributed by atoms with Crippen molar-refractivity contribution in [2.75, 3.05) is 0 Å². The maximum atomic E-state index is 11.9. The molecule has 0 unspecified atom stereocenters. The van der Waals surface area contributed by atoms with Crippen LogP contribution in [0.15, 0.2) is 44.7 Å². The topological polar surface area (TPSA) is 17.1 Å². The maximum absolute atomic E-state index is 11.9. The molecule has 2 rings (SSSR count). The zero-order chi connectivity index (χ0) is 12.3. The van der Waals surface area contributed by atoms with E-state index in [9.17, 15) is 4.79 Å². The van der Waals surface area contributed by atoms with Crippen molar-refractivity contribution in [3.8, 4) is 0 Å². The summed E-state index contributed by atoms with van der Waals surface area (Å²) in [6, 6.07) is 9.75. The minimum Gasteiger partial charge on any atom is -0.293 e. The van der Waals surface area contributed by atoms with Gasteiger partial charge in [0.05, 0.1) is 4.88 Å². The van der Waals surface area contributed by atoms with Gasteiger partial charge in [-0.3, -0.25) is 4.79 Å². The number of ketones is 1. The van der Waals surface area contributed by atoms with E-state index in [2.05, 4.69) is 31.9 Å². The fraction of sp³-hybridized carbons (Fsp3) is 0.154. The highest BCUT2D eigenvalue weighted by atomic mass is 79.9. The highest BCUT2D eigenvalue weighted by Crippen LogP contribution is 2.27. The summed E-state index contributed by atoms with van der Waals surface area (Å²) in [4.78, 5) is 12.7. The summed E-state index contributed by atoms with van der Waals surface area (Å²) in [7, 11) is 0. The molecular formula is C13H10Br2OS. The van der Waals surface area contributed by atoms with Gasteiger partial charge in [0.2, 0.25) is 0 Å². The second-order valence-electron chi connectivity index (χ2n) is 3.60. The smallest absolute Gasteiger partial charge is 0.173 e. The van der Waals surface area contributed by atoms with Crippen LogP contribution in [0.5, 0.6) is 0 Å². The molecule has 1 aromatic carbocycles. The van der Waals surface area contributed by atoms with E-state index in [1.807, 2.05) is 35.7 Å². The Bertz CT molecular complexity index is 500. The Morgan fingerprint density at radius 1 is 1.12 bits per heavy atom. The van der Waals surface area contributed by atoms with Gasteiger partial charge >= 0.3 is 0 Å². The molecule has 0 bridgehead atoms. The SMILES string of the molecule is O=C(CCc1c(Br)cccc1Br)c1cccs1. The molecule has 1 aromatic heterocycles. The molecule has 17 heavy (non-hydrogen) atoms. The number of thiophene rings is 1. The highest BCUT2D eigenvalue weighted by molar-refractivity contribution is 9.11. The lowest BCUT2D eigenvalue weighted by Gasteiger charge is -2.06. The Morgan fingerprint density at radius 3 is 2.41 bits per heavy atom. The van der Waals surface area contributed by atoms with Crippen molar-refractivity contribution in [2.45, 2.75) is 12.8 Å². The van der Waals surface area contributed by atoms with E-state index < -0.39 is 0 Å². The van der Waals surface area contributed by atoms with Gasteiger partial charge < -0.3 is 0 Å². The highest BCUT2D eigenvalue weighted by Gasteiger charge is 2.10. The van der Waals surface area contributed by atoms with Crippen molar-refractivity contribution in [1.82, 2.24) is 0 Å². The molecule has 1 nitrogen and oxygen atoms in total. The fourth-order valence-electron chi connectivity index (χ4n) is 1.57. The Balaban J connectivity index is 2.06. The number of benzene rings is 1. The van der Waals surface area contributed by atoms with Crippen molar-refractivity contribution in [2.24, 2.45) is 0 Å². The van der Waals surface area contributed by atoms with Crippen molar-refractivity contribution in [1.29, 1.82) is 0 Å². The first kappa shape index (κ1) is 13.0. The molecule has 0 aliphatic carbocycles. The van der Waals surface area contributed by atoms with Crippen LogP contribution >= 0.6 is 43.2 Å². The molecule has 0 aliphatic heterocycles. The predicted octanol–water partition coefficient (Wildman–Crippen LogP) is 5.09. The number of Topliss-reactive ketones (excluding diaryl/α,β-unsaturated/α-hetero) is 1. The van der Waals surface area contributed by atoms with E-state index in [1.165, 1.54) is 11.3 Å². The monoisotopic (exact) mass is 372 g/mol. The second kappa shape index (κ2) is 5.94. The van der Waals surface area contributed by atoms with Gasteiger partial charge in [-0.25, -0.2) is 0 Å². The number of carbonyl (C=O) groups excluding carboxylic acids is 1. The van der Waals surface area contributed by atoms with E-state index in [4.69, 9.17) is 0 Å². The van der Waals surface area contributed by atoms with Crippen LogP contribution in [-0.2, 0) is 6.42 Å². The largest absolute Gasteiger partial charge is 0.293 e. The van der Waals surface area contributed by atoms with E-state index in [-0.39, 0.29) is 5.78 Å². The molecule has 1 heterocycles. The molecule has 88 valence electrons. The summed E-state index contributed by atoms with van der Waals surface area (Å²) in [6.45, 7) is 0. The van der Waals surface area contributed by atoms with Crippen LogP contribution < -0.4 is 0 Å². The normalized spacial score (nSPS) is 10.5. The van der Waals surface area contributed by atoms with E-state index in [0.717, 1.165) is 25.8 Å². The summed E-state index contributed by atoms with van der Waals surface area (Å²) >= 11 is 8.52. The lowest BCUT2D eigenvalue weighted by Crippen LogP contribution is -1.99. The molecule has 0 saturated heterocycles. The van der Waals surface area contributed by atoms with Crippen LogP contribution in [0, 0.1) is 0 Å². The van der Waals surface area contributed by atoms with Crippen LogP contribution in [0.3, 0.4) is 0 Å². The summed E-state index contributed by atoms with van der Waals surface area (Å²) in [5.74, 6) is 0.211. The number of halogens is 2. The zero-order valence-electron chi connectivity index (χ0n) is 8.95. The summed E-state index contributed by atoms with van der Waals surface area (Å²) in [5.41, 5.74) is 1.15. The minimum atomic E-state index is 0.211. The summed E-state index contributed by atoms with van der Waals surface area (Å²) in [6.07, 6.45) is 1.29. The lowest BCUT2D eigenvalue weighted by atomic mass is 10.1. The molecule has 0 fully saturated rings. The number of rotatable bonds is 4. The molecule has 0 saturated carbocycles. The molecule has 2 aromatic rings. The van der Waals surface area contributed by atoms with Gasteiger partial charge in [-0.1, -0.05) is 44.0 Å². The summed E-state index contributed by atoms with van der Waals surface area (Å²) in [5, 5.41) is 1.93. The van der Waals surface area contributed by atoms with Crippen LogP contribution in [-0.4, -0.2) is 5.78 Å². The molecule has 0 radical (unpaired) electrons. The maximum Gasteiger partial charge on any atom is 0.173 e. The van der Waals surface area contributed by atoms with Gasteiger partial charge in [0.1, 0.15) is 0 Å². The molecule has 0 amide bonds. The summed E-state index contributed by atoms with van der Waals surface area (Å²) < 4.78 is 2.09. The Morgan fingerprint density at radius 2 is 1.82 bits per heavy atom. The van der Waals surface area contributed by atoms with Crippen LogP contribution in [0.2, 0.25) is 0 Å². The predicted molar refractivity (Wildman–Crippen MR) is 78.8 cm³/mol. The van der Waals surface area contributed by atoms with Crippen LogP contribution in [0.1, 0.15) is 21.7 Å². The standard InChI is InChI=1S/C13H10Br2OS/c14-10-3-1-4-11(15)9(10)6-7-12(16)13-5-2-8-17-13/h1-5,8H,6-7H2. The van der Waals surface area contributed by atoms with Crippen molar-refractivity contribution < 1.29 is 4.79 Å². The van der Waals surface area contributed by atoms with E-state index >= 15 is 0 Å². The first-order valence-electron chi connectivity index (χ1n) is 5.18. The third-order valence-corrected chi connectivity index (χ3v) is 4.86. The first-order valence-corrected chi connectivity index (χ1v) is 7.64. The third kappa shape index (κ3) is 3.27. The second-order valence-corrected chi connectivity index (χ2v) is 6.26. The molecule has 0 spiro atoms. The van der Waals surface area contributed by atoms with Crippen molar-refractivity contribution in [3.63, 3.8) is 0 Å². The van der Waals surface area contributed by atoms with Gasteiger partial charge in [0.25, 0.3) is 0 Å². The first-order chi connectivity index (χ1) is 8.18. The Labute approximate surface area is 121 Å². The lowest BCUT2D eigenvalue weighted by molar-refractivity contribution is 0.0986. The third-order valence-electron chi connectivity index (χ3n) is 2.46. The van der Waals surface area contributed by atoms with Gasteiger partial charge in [-0.15, -0.1) is 11.3 Å². The van der Waals surface area contributed by atoms with Crippen LogP contribution in [0.4, 0.5) is 0 Å². The number of hydrogen-bond donors (Lipinski definition) is 0. The molecular weight excluding hydrogens is 364 g/mol. The molecule has 0 atom stereocenters. The minimum absolute atomic E-state index is 0.211.